The number of likely N-dealkylation sites (N-methyl/N-ethyl adjacent to an activating group) is 1. The molecular formula is C27H29FN2O2S. The third kappa shape index (κ3) is 7.75. The summed E-state index contributed by atoms with van der Waals surface area (Å²) in [5.74, 6) is 0.839. The molecule has 3 aromatic carbocycles. The van der Waals surface area contributed by atoms with Gasteiger partial charge in [-0.2, -0.15) is 11.8 Å². The van der Waals surface area contributed by atoms with Crippen LogP contribution in [0.4, 0.5) is 4.39 Å². The first-order valence-electron chi connectivity index (χ1n) is 11.0. The molecule has 2 amide bonds. The van der Waals surface area contributed by atoms with E-state index >= 15 is 0 Å². The van der Waals surface area contributed by atoms with Crippen molar-refractivity contribution in [3.8, 4) is 0 Å². The molecule has 172 valence electrons. The summed E-state index contributed by atoms with van der Waals surface area (Å²) >= 11 is 1.69. The minimum Gasteiger partial charge on any atom is -0.357 e. The van der Waals surface area contributed by atoms with Gasteiger partial charge in [0.1, 0.15) is 11.9 Å². The van der Waals surface area contributed by atoms with Crippen molar-refractivity contribution in [3.05, 3.63) is 107 Å². The summed E-state index contributed by atoms with van der Waals surface area (Å²) in [6.07, 6.45) is 0.728. The van der Waals surface area contributed by atoms with E-state index in [4.69, 9.17) is 0 Å². The number of nitrogens with one attached hydrogen (secondary N) is 1. The monoisotopic (exact) mass is 464 g/mol. The number of thioether (sulfide) groups is 1. The molecule has 4 nitrogen and oxygen atoms in total. The lowest BCUT2D eigenvalue weighted by molar-refractivity contribution is -0.140. The summed E-state index contributed by atoms with van der Waals surface area (Å²) in [6.45, 7) is 0.243. The van der Waals surface area contributed by atoms with Crippen molar-refractivity contribution in [1.29, 1.82) is 0 Å². The summed E-state index contributed by atoms with van der Waals surface area (Å²) in [5, 5.41) is 2.71. The zero-order chi connectivity index (χ0) is 23.5. The van der Waals surface area contributed by atoms with Gasteiger partial charge < -0.3 is 10.2 Å². The Morgan fingerprint density at radius 2 is 1.48 bits per heavy atom. The van der Waals surface area contributed by atoms with Crippen LogP contribution in [-0.4, -0.2) is 35.6 Å². The van der Waals surface area contributed by atoms with Gasteiger partial charge in [-0.15, -0.1) is 0 Å². The molecule has 0 bridgehead atoms. The number of halogens is 1. The van der Waals surface area contributed by atoms with Crippen molar-refractivity contribution in [3.63, 3.8) is 0 Å². The molecule has 0 saturated carbocycles. The molecule has 0 heterocycles. The second kappa shape index (κ2) is 12.8. The molecule has 0 radical (unpaired) electrons. The Morgan fingerprint density at radius 3 is 2.09 bits per heavy atom. The fraction of sp³-hybridized carbons (Fsp3) is 0.259. The molecule has 1 N–H and O–H groups in total. The van der Waals surface area contributed by atoms with Gasteiger partial charge in [0.05, 0.1) is 0 Å². The van der Waals surface area contributed by atoms with Gasteiger partial charge in [-0.3, -0.25) is 9.59 Å². The molecule has 0 aliphatic rings. The Hall–Kier alpha value is -3.12. The van der Waals surface area contributed by atoms with Crippen LogP contribution in [0.1, 0.15) is 23.1 Å². The minimum absolute atomic E-state index is 0.0931. The Labute approximate surface area is 199 Å². The van der Waals surface area contributed by atoms with E-state index < -0.39 is 6.04 Å². The Kier molecular flexibility index (Phi) is 9.51. The largest absolute Gasteiger partial charge is 0.357 e. The molecular weight excluding hydrogens is 435 g/mol. The standard InChI is InChI=1S/C27H29FN2O2S/c1-29-27(32)25(18-21-8-4-2-5-9-21)30(19-22-12-14-24(28)15-13-22)26(31)16-17-33-20-23-10-6-3-7-11-23/h2-15,25H,16-20H2,1H3,(H,29,32). The molecule has 0 aromatic heterocycles. The van der Waals surface area contributed by atoms with Crippen LogP contribution >= 0.6 is 11.8 Å². The molecule has 0 fully saturated rings. The predicted octanol–water partition coefficient (Wildman–Crippen LogP) is 4.84. The summed E-state index contributed by atoms with van der Waals surface area (Å²) in [5.41, 5.74) is 2.97. The SMILES string of the molecule is CNC(=O)C(Cc1ccccc1)N(Cc1ccc(F)cc1)C(=O)CCSCc1ccccc1. The maximum absolute atomic E-state index is 13.4. The van der Waals surface area contributed by atoms with E-state index in [9.17, 15) is 14.0 Å². The number of amides is 2. The van der Waals surface area contributed by atoms with E-state index in [1.54, 1.807) is 35.8 Å². The third-order valence-electron chi connectivity index (χ3n) is 5.36. The quantitative estimate of drug-likeness (QED) is 0.413. The summed E-state index contributed by atoms with van der Waals surface area (Å²) in [4.78, 5) is 27.8. The molecule has 1 unspecified atom stereocenters. The van der Waals surface area contributed by atoms with Crippen molar-refractivity contribution >= 4 is 23.6 Å². The van der Waals surface area contributed by atoms with Crippen LogP contribution in [0.15, 0.2) is 84.9 Å². The fourth-order valence-corrected chi connectivity index (χ4v) is 4.47. The second-order valence-corrected chi connectivity index (χ2v) is 8.86. The van der Waals surface area contributed by atoms with Crippen LogP contribution in [0.25, 0.3) is 0 Å². The van der Waals surface area contributed by atoms with Gasteiger partial charge in [0.2, 0.25) is 11.8 Å². The second-order valence-electron chi connectivity index (χ2n) is 7.76. The molecule has 0 saturated heterocycles. The molecule has 1 atom stereocenters. The van der Waals surface area contributed by atoms with E-state index in [0.717, 1.165) is 16.9 Å². The fourth-order valence-electron chi connectivity index (χ4n) is 3.57. The smallest absolute Gasteiger partial charge is 0.242 e. The molecule has 0 aliphatic heterocycles. The van der Waals surface area contributed by atoms with Crippen molar-refractivity contribution in [2.24, 2.45) is 0 Å². The molecule has 0 spiro atoms. The van der Waals surface area contributed by atoms with Crippen molar-refractivity contribution < 1.29 is 14.0 Å². The van der Waals surface area contributed by atoms with Crippen LogP contribution in [0.5, 0.6) is 0 Å². The van der Waals surface area contributed by atoms with Gasteiger partial charge in [-0.1, -0.05) is 72.8 Å². The van der Waals surface area contributed by atoms with Gasteiger partial charge in [0.25, 0.3) is 0 Å². The van der Waals surface area contributed by atoms with Gasteiger partial charge in [0.15, 0.2) is 0 Å². The zero-order valence-corrected chi connectivity index (χ0v) is 19.6. The highest BCUT2D eigenvalue weighted by molar-refractivity contribution is 7.98. The number of nitrogens with zero attached hydrogens (tertiary/aromatic N) is 1. The van der Waals surface area contributed by atoms with E-state index in [2.05, 4.69) is 17.4 Å². The van der Waals surface area contributed by atoms with Crippen molar-refractivity contribution in [1.82, 2.24) is 10.2 Å². The maximum atomic E-state index is 13.4. The van der Waals surface area contributed by atoms with E-state index in [1.165, 1.54) is 17.7 Å². The van der Waals surface area contributed by atoms with Gasteiger partial charge in [0, 0.05) is 37.9 Å². The first-order valence-corrected chi connectivity index (χ1v) is 12.1. The highest BCUT2D eigenvalue weighted by Crippen LogP contribution is 2.18. The lowest BCUT2D eigenvalue weighted by atomic mass is 10.0. The van der Waals surface area contributed by atoms with Crippen LogP contribution in [0, 0.1) is 5.82 Å². The molecule has 3 rings (SSSR count). The first-order chi connectivity index (χ1) is 16.1. The van der Waals surface area contributed by atoms with Gasteiger partial charge >= 0.3 is 0 Å². The average molecular weight is 465 g/mol. The summed E-state index contributed by atoms with van der Waals surface area (Å²) in [7, 11) is 1.58. The van der Waals surface area contributed by atoms with Crippen LogP contribution < -0.4 is 5.32 Å². The topological polar surface area (TPSA) is 49.4 Å². The lowest BCUT2D eigenvalue weighted by Gasteiger charge is -2.31. The van der Waals surface area contributed by atoms with Crippen LogP contribution in [-0.2, 0) is 28.3 Å². The lowest BCUT2D eigenvalue weighted by Crippen LogP contribution is -2.49. The Bertz CT molecular complexity index is 1010. The number of hydrogen-bond donors (Lipinski definition) is 1. The number of hydrogen-bond acceptors (Lipinski definition) is 3. The van der Waals surface area contributed by atoms with Crippen molar-refractivity contribution in [2.45, 2.75) is 31.2 Å². The molecule has 0 aliphatic carbocycles. The normalized spacial score (nSPS) is 11.6. The molecule has 6 heteroatoms. The highest BCUT2D eigenvalue weighted by atomic mass is 32.2. The van der Waals surface area contributed by atoms with E-state index in [0.29, 0.717) is 18.6 Å². The highest BCUT2D eigenvalue weighted by Gasteiger charge is 2.29. The molecule has 3 aromatic rings. The van der Waals surface area contributed by atoms with Crippen LogP contribution in [0.2, 0.25) is 0 Å². The minimum atomic E-state index is -0.658. The maximum Gasteiger partial charge on any atom is 0.242 e. The zero-order valence-electron chi connectivity index (χ0n) is 18.7. The predicted molar refractivity (Wildman–Crippen MR) is 132 cm³/mol. The summed E-state index contributed by atoms with van der Waals surface area (Å²) < 4.78 is 13.4. The van der Waals surface area contributed by atoms with E-state index in [-0.39, 0.29) is 24.2 Å². The number of carbonyl (C=O) groups excluding carboxylic acids is 2. The molecule has 33 heavy (non-hydrogen) atoms. The first kappa shape index (κ1) is 24.5. The Balaban J connectivity index is 1.74. The van der Waals surface area contributed by atoms with Gasteiger partial charge in [-0.25, -0.2) is 4.39 Å². The number of carbonyl (C=O) groups is 2. The van der Waals surface area contributed by atoms with E-state index in [1.807, 2.05) is 48.5 Å². The Morgan fingerprint density at radius 1 is 0.879 bits per heavy atom. The number of rotatable bonds is 11. The van der Waals surface area contributed by atoms with Gasteiger partial charge in [-0.05, 0) is 28.8 Å². The third-order valence-corrected chi connectivity index (χ3v) is 6.39. The number of benzene rings is 3. The van der Waals surface area contributed by atoms with Crippen LogP contribution in [0.3, 0.4) is 0 Å². The summed E-state index contributed by atoms with van der Waals surface area (Å²) in [6, 6.07) is 25.2. The van der Waals surface area contributed by atoms with Crippen molar-refractivity contribution in [2.75, 3.05) is 12.8 Å². The average Bonchev–Trinajstić information content (AvgIpc) is 2.86.